The van der Waals surface area contributed by atoms with Gasteiger partial charge in [-0.1, -0.05) is 122 Å². The molecule has 0 atom stereocenters. The molecule has 0 bridgehead atoms. The van der Waals surface area contributed by atoms with Crippen LogP contribution in [0.25, 0.3) is 0 Å². The Labute approximate surface area is 237 Å². The molecule has 9 radical (unpaired) electrons. The number of hydrogen-bond donors (Lipinski definition) is 0. The highest BCUT2D eigenvalue weighted by Gasteiger charge is 1.95. The van der Waals surface area contributed by atoms with Crippen LogP contribution in [0.4, 0.5) is 0 Å². The quantitative estimate of drug-likeness (QED) is 0.251. The van der Waals surface area contributed by atoms with Gasteiger partial charge >= 0.3 is 0 Å². The Morgan fingerprint density at radius 3 is 0.583 bits per heavy atom. The summed E-state index contributed by atoms with van der Waals surface area (Å²) in [5.74, 6) is 20.2. The molecule has 3 heteroatoms. The SMILES string of the molecule is CC.CC.CC.CC#Cc1cc(C#CC)cc(C#CC)c1.CC(C)C.CC(C)C.CC(C)C.[B].[B].[B]. The average molecular weight is 489 g/mol. The molecular formula is C33H60B3. The van der Waals surface area contributed by atoms with Crippen LogP contribution in [-0.2, 0) is 0 Å². The molecule has 1 aromatic rings. The smallest absolute Gasteiger partial charge is 0.0269 e. The molecule has 0 aromatic heterocycles. The molecule has 0 amide bonds. The first-order valence-corrected chi connectivity index (χ1v) is 12.9. The van der Waals surface area contributed by atoms with Crippen molar-refractivity contribution in [2.45, 2.75) is 125 Å². The maximum absolute atomic E-state index is 3.02. The van der Waals surface area contributed by atoms with Crippen LogP contribution in [0.5, 0.6) is 0 Å². The van der Waals surface area contributed by atoms with Crippen LogP contribution in [-0.4, -0.2) is 25.2 Å². The molecule has 0 aliphatic heterocycles. The normalized spacial score (nSPS) is 6.58. The van der Waals surface area contributed by atoms with E-state index in [9.17, 15) is 0 Å². The van der Waals surface area contributed by atoms with E-state index in [1.54, 1.807) is 0 Å². The first-order chi connectivity index (χ1) is 15.5. The Bertz CT molecular complexity index is 552. The molecule has 0 aliphatic rings. The molecule has 0 N–H and O–H groups in total. The summed E-state index contributed by atoms with van der Waals surface area (Å²) in [5, 5.41) is 0. The van der Waals surface area contributed by atoms with Crippen LogP contribution in [0, 0.1) is 53.3 Å². The van der Waals surface area contributed by atoms with E-state index in [-0.39, 0.29) is 25.2 Å². The minimum Gasteiger partial charge on any atom is -0.101 e. The lowest BCUT2D eigenvalue weighted by Crippen LogP contribution is -1.83. The fraction of sp³-hybridized carbons (Fsp3) is 0.636. The third-order valence-electron chi connectivity index (χ3n) is 1.74. The van der Waals surface area contributed by atoms with Crippen molar-refractivity contribution >= 4 is 25.2 Å². The summed E-state index contributed by atoms with van der Waals surface area (Å²) in [5.41, 5.74) is 2.90. The van der Waals surface area contributed by atoms with Crippen LogP contribution in [0.3, 0.4) is 0 Å². The minimum absolute atomic E-state index is 0. The summed E-state index contributed by atoms with van der Waals surface area (Å²) in [6, 6.07) is 5.94. The van der Waals surface area contributed by atoms with E-state index in [0.717, 1.165) is 34.4 Å². The Hall–Kier alpha value is -1.91. The van der Waals surface area contributed by atoms with E-state index in [2.05, 4.69) is 97.8 Å². The van der Waals surface area contributed by atoms with Gasteiger partial charge in [0.15, 0.2) is 0 Å². The van der Waals surface area contributed by atoms with Crippen molar-refractivity contribution in [3.63, 3.8) is 0 Å². The van der Waals surface area contributed by atoms with E-state index >= 15 is 0 Å². The van der Waals surface area contributed by atoms with Gasteiger partial charge in [0.05, 0.1) is 0 Å². The second-order valence-electron chi connectivity index (χ2n) is 8.12. The number of benzene rings is 1. The number of hydrogen-bond acceptors (Lipinski definition) is 0. The predicted octanol–water partition coefficient (Wildman–Crippen LogP) is 9.72. The van der Waals surface area contributed by atoms with E-state index in [4.69, 9.17) is 0 Å². The summed E-state index contributed by atoms with van der Waals surface area (Å²) in [6.07, 6.45) is 0. The van der Waals surface area contributed by atoms with Gasteiger partial charge in [-0.25, -0.2) is 0 Å². The van der Waals surface area contributed by atoms with Gasteiger partial charge in [-0.2, -0.15) is 0 Å². The summed E-state index contributed by atoms with van der Waals surface area (Å²) < 4.78 is 0. The molecule has 0 unspecified atom stereocenters. The summed E-state index contributed by atoms with van der Waals surface area (Å²) in [4.78, 5) is 0. The van der Waals surface area contributed by atoms with E-state index in [1.165, 1.54) is 0 Å². The summed E-state index contributed by atoms with van der Waals surface area (Å²) in [7, 11) is 0. The van der Waals surface area contributed by atoms with Crippen LogP contribution < -0.4 is 0 Å². The highest BCUT2D eigenvalue weighted by molar-refractivity contribution is 5.76. The van der Waals surface area contributed by atoms with Crippen LogP contribution in [0.2, 0.25) is 0 Å². The van der Waals surface area contributed by atoms with Gasteiger partial charge in [0, 0.05) is 41.9 Å². The van der Waals surface area contributed by atoms with Gasteiger partial charge < -0.3 is 0 Å². The van der Waals surface area contributed by atoms with E-state index in [0.29, 0.717) is 0 Å². The zero-order valence-electron chi connectivity index (χ0n) is 27.7. The van der Waals surface area contributed by atoms with Crippen molar-refractivity contribution in [3.05, 3.63) is 34.9 Å². The molecule has 0 fully saturated rings. The monoisotopic (exact) mass is 489 g/mol. The fourth-order valence-electron chi connectivity index (χ4n) is 1.28. The lowest BCUT2D eigenvalue weighted by Gasteiger charge is -1.96. The lowest BCUT2D eigenvalue weighted by molar-refractivity contribution is 0.736. The third-order valence-corrected chi connectivity index (χ3v) is 1.74. The Morgan fingerprint density at radius 1 is 0.389 bits per heavy atom. The van der Waals surface area contributed by atoms with E-state index < -0.39 is 0 Å². The molecular weight excluding hydrogens is 429 g/mol. The second kappa shape index (κ2) is 54.1. The largest absolute Gasteiger partial charge is 0.101 e. The van der Waals surface area contributed by atoms with Crippen molar-refractivity contribution in [1.29, 1.82) is 0 Å². The van der Waals surface area contributed by atoms with Crippen LogP contribution in [0.15, 0.2) is 18.2 Å². The Kier molecular flexibility index (Phi) is 89.2. The molecule has 0 aliphatic carbocycles. The molecule has 201 valence electrons. The summed E-state index contributed by atoms with van der Waals surface area (Å²) in [6.45, 7) is 37.0. The van der Waals surface area contributed by atoms with Gasteiger partial charge in [0.2, 0.25) is 0 Å². The molecule has 0 heterocycles. The zero-order chi connectivity index (χ0) is 27.8. The topological polar surface area (TPSA) is 0 Å². The molecule has 0 spiro atoms. The molecule has 1 rings (SSSR count). The van der Waals surface area contributed by atoms with Gasteiger partial charge in [-0.05, 0) is 56.7 Å². The van der Waals surface area contributed by atoms with Crippen molar-refractivity contribution in [2.75, 3.05) is 0 Å². The lowest BCUT2D eigenvalue weighted by atomic mass is 10.1. The third kappa shape index (κ3) is 85.1. The zero-order valence-corrected chi connectivity index (χ0v) is 27.7. The predicted molar refractivity (Wildman–Crippen MR) is 177 cm³/mol. The highest BCUT2D eigenvalue weighted by Crippen LogP contribution is 2.08. The minimum atomic E-state index is 0. The van der Waals surface area contributed by atoms with Gasteiger partial charge in [0.1, 0.15) is 0 Å². The average Bonchev–Trinajstić information content (AvgIpc) is 2.72. The van der Waals surface area contributed by atoms with Crippen molar-refractivity contribution in [2.24, 2.45) is 17.8 Å². The standard InChI is InChI=1S/C15H12.3C4H10.3C2H6.3B/c1-4-7-13-10-14(8-5-2)12-15(11-13)9-6-3;3*1-4(2)3;3*1-2;;;/h10-12H,1-3H3;3*4H,1-3H3;3*1-2H3;;;. The fourth-order valence-corrected chi connectivity index (χ4v) is 1.28. The maximum atomic E-state index is 3.02. The van der Waals surface area contributed by atoms with Crippen LogP contribution in [0.1, 0.15) is 141 Å². The molecule has 0 nitrogen and oxygen atoms in total. The van der Waals surface area contributed by atoms with Gasteiger partial charge in [0.25, 0.3) is 0 Å². The van der Waals surface area contributed by atoms with E-state index in [1.807, 2.05) is 80.5 Å². The molecule has 36 heavy (non-hydrogen) atoms. The highest BCUT2D eigenvalue weighted by atomic mass is 14.0. The second-order valence-corrected chi connectivity index (χ2v) is 8.12. The Balaban J connectivity index is -0.0000000418. The van der Waals surface area contributed by atoms with Gasteiger partial charge in [-0.15, -0.1) is 17.8 Å². The van der Waals surface area contributed by atoms with Crippen LogP contribution >= 0.6 is 0 Å². The Morgan fingerprint density at radius 2 is 0.500 bits per heavy atom. The van der Waals surface area contributed by atoms with Crippen molar-refractivity contribution < 1.29 is 0 Å². The first kappa shape index (κ1) is 59.3. The first-order valence-electron chi connectivity index (χ1n) is 12.9. The molecule has 0 saturated carbocycles. The summed E-state index contributed by atoms with van der Waals surface area (Å²) >= 11 is 0. The molecule has 1 aromatic carbocycles. The molecule has 0 saturated heterocycles. The number of rotatable bonds is 0. The van der Waals surface area contributed by atoms with Crippen molar-refractivity contribution in [3.8, 4) is 35.5 Å². The maximum Gasteiger partial charge on any atom is 0.0269 e. The van der Waals surface area contributed by atoms with Crippen molar-refractivity contribution in [1.82, 2.24) is 0 Å². The van der Waals surface area contributed by atoms with Gasteiger partial charge in [-0.3, -0.25) is 0 Å².